The molecule has 140 valence electrons. The lowest BCUT2D eigenvalue weighted by Gasteiger charge is -2.35. The molecule has 1 fully saturated rings. The van der Waals surface area contributed by atoms with E-state index in [-0.39, 0.29) is 23.8 Å². The second-order valence-electron chi connectivity index (χ2n) is 6.50. The van der Waals surface area contributed by atoms with Crippen LogP contribution in [0.5, 0.6) is 5.75 Å². The first kappa shape index (κ1) is 17.4. The Balaban J connectivity index is 1.33. The maximum absolute atomic E-state index is 12.7. The monoisotopic (exact) mass is 375 g/mol. The van der Waals surface area contributed by atoms with Crippen LogP contribution in [0, 0.1) is 0 Å². The van der Waals surface area contributed by atoms with Crippen LogP contribution in [0.2, 0.25) is 0 Å². The molecule has 1 saturated carbocycles. The fourth-order valence-electron chi connectivity index (χ4n) is 3.09. The number of hydrogen-bond acceptors (Lipinski definition) is 3. The van der Waals surface area contributed by atoms with Gasteiger partial charge in [-0.3, -0.25) is 4.79 Å². The van der Waals surface area contributed by atoms with Crippen LogP contribution in [0.4, 0.5) is 13.2 Å². The van der Waals surface area contributed by atoms with Crippen LogP contribution in [0.15, 0.2) is 54.9 Å². The molecule has 1 N–H and O–H groups in total. The molecule has 5 nitrogen and oxygen atoms in total. The minimum atomic E-state index is -4.40. The summed E-state index contributed by atoms with van der Waals surface area (Å²) in [6, 6.07) is 10.2. The van der Waals surface area contributed by atoms with Crippen molar-refractivity contribution in [2.45, 2.75) is 31.2 Å². The van der Waals surface area contributed by atoms with Gasteiger partial charge in [0, 0.05) is 25.1 Å². The molecule has 0 radical (unpaired) electrons. The topological polar surface area (TPSA) is 55.6 Å². The fraction of sp³-hybridized carbons (Fsp3) is 0.263. The van der Waals surface area contributed by atoms with E-state index in [1.54, 1.807) is 10.7 Å². The van der Waals surface area contributed by atoms with Gasteiger partial charge < -0.3 is 10.1 Å². The number of amides is 1. The summed E-state index contributed by atoms with van der Waals surface area (Å²) < 4.78 is 45.4. The zero-order chi connectivity index (χ0) is 19.0. The summed E-state index contributed by atoms with van der Waals surface area (Å²) in [5.41, 5.74) is 0.459. The van der Waals surface area contributed by atoms with Gasteiger partial charge in [-0.15, -0.1) is 0 Å². The molecule has 1 aromatic carbocycles. The molecule has 0 saturated heterocycles. The van der Waals surface area contributed by atoms with E-state index in [1.165, 1.54) is 18.3 Å². The van der Waals surface area contributed by atoms with Gasteiger partial charge in [0.15, 0.2) is 0 Å². The Morgan fingerprint density at radius 1 is 1.19 bits per heavy atom. The molecule has 2 heterocycles. The smallest absolute Gasteiger partial charge is 0.416 e. The Morgan fingerprint density at radius 3 is 2.78 bits per heavy atom. The van der Waals surface area contributed by atoms with Gasteiger partial charge in [0.25, 0.3) is 5.91 Å². The summed E-state index contributed by atoms with van der Waals surface area (Å²) in [4.78, 5) is 12.4. The Morgan fingerprint density at radius 2 is 2.00 bits per heavy atom. The number of halogens is 3. The second kappa shape index (κ2) is 6.61. The van der Waals surface area contributed by atoms with Crippen molar-refractivity contribution in [1.29, 1.82) is 0 Å². The Kier molecular flexibility index (Phi) is 4.25. The third-order valence-electron chi connectivity index (χ3n) is 4.57. The molecule has 4 rings (SSSR count). The summed E-state index contributed by atoms with van der Waals surface area (Å²) in [5.74, 6) is -0.0408. The van der Waals surface area contributed by atoms with Crippen molar-refractivity contribution in [3.05, 3.63) is 66.0 Å². The molecule has 27 heavy (non-hydrogen) atoms. The van der Waals surface area contributed by atoms with Gasteiger partial charge in [0.05, 0.1) is 22.8 Å². The van der Waals surface area contributed by atoms with Gasteiger partial charge in [-0.1, -0.05) is 12.1 Å². The second-order valence-corrected chi connectivity index (χ2v) is 6.50. The van der Waals surface area contributed by atoms with E-state index in [1.807, 2.05) is 18.2 Å². The van der Waals surface area contributed by atoms with Crippen LogP contribution in [0.3, 0.4) is 0 Å². The van der Waals surface area contributed by atoms with Crippen LogP contribution in [0.1, 0.15) is 28.8 Å². The Labute approximate surface area is 152 Å². The lowest BCUT2D eigenvalue weighted by atomic mass is 9.89. The zero-order valence-corrected chi connectivity index (χ0v) is 14.1. The predicted octanol–water partition coefficient (Wildman–Crippen LogP) is 3.69. The van der Waals surface area contributed by atoms with Gasteiger partial charge in [-0.2, -0.15) is 18.3 Å². The van der Waals surface area contributed by atoms with Crippen LogP contribution in [0.25, 0.3) is 5.52 Å². The number of aromatic nitrogens is 2. The molecular weight excluding hydrogens is 359 g/mol. The molecule has 3 aromatic rings. The van der Waals surface area contributed by atoms with Crippen LogP contribution in [-0.2, 0) is 6.18 Å². The summed E-state index contributed by atoms with van der Waals surface area (Å²) in [7, 11) is 0. The Bertz CT molecular complexity index is 977. The molecule has 8 heteroatoms. The highest BCUT2D eigenvalue weighted by Crippen LogP contribution is 2.33. The number of hydrogen-bond donors (Lipinski definition) is 1. The van der Waals surface area contributed by atoms with Crippen molar-refractivity contribution in [2.24, 2.45) is 0 Å². The summed E-state index contributed by atoms with van der Waals surface area (Å²) in [5, 5.41) is 7.04. The van der Waals surface area contributed by atoms with E-state index < -0.39 is 11.7 Å². The van der Waals surface area contributed by atoms with Gasteiger partial charge in [-0.05, 0) is 30.3 Å². The number of nitrogens with zero attached hydrogens (tertiary/aromatic N) is 2. The molecule has 1 amide bonds. The quantitative estimate of drug-likeness (QED) is 0.757. The number of nitrogens with one attached hydrogen (secondary N) is 1. The zero-order valence-electron chi connectivity index (χ0n) is 14.1. The normalized spacial score (nSPS) is 19.5. The minimum absolute atomic E-state index is 0.0769. The van der Waals surface area contributed by atoms with Crippen LogP contribution in [-0.4, -0.2) is 27.7 Å². The van der Waals surface area contributed by atoms with Crippen LogP contribution >= 0.6 is 0 Å². The van der Waals surface area contributed by atoms with Crippen molar-refractivity contribution < 1.29 is 22.7 Å². The van der Waals surface area contributed by atoms with E-state index in [0.717, 1.165) is 12.1 Å². The molecule has 1 aliphatic carbocycles. The lowest BCUT2D eigenvalue weighted by Crippen LogP contribution is -2.49. The molecule has 1 aliphatic rings. The number of ether oxygens (including phenoxy) is 1. The molecule has 2 aromatic heterocycles. The largest absolute Gasteiger partial charge is 0.490 e. The number of alkyl halides is 3. The molecule has 0 atom stereocenters. The van der Waals surface area contributed by atoms with E-state index >= 15 is 0 Å². The first-order valence-corrected chi connectivity index (χ1v) is 8.47. The third-order valence-corrected chi connectivity index (χ3v) is 4.57. The third kappa shape index (κ3) is 3.60. The lowest BCUT2D eigenvalue weighted by molar-refractivity contribution is -0.137. The first-order valence-electron chi connectivity index (χ1n) is 8.47. The predicted molar refractivity (Wildman–Crippen MR) is 91.5 cm³/mol. The van der Waals surface area contributed by atoms with E-state index in [2.05, 4.69) is 10.4 Å². The van der Waals surface area contributed by atoms with E-state index in [4.69, 9.17) is 4.74 Å². The highest BCUT2D eigenvalue weighted by molar-refractivity contribution is 6.00. The number of benzene rings is 1. The number of carbonyl (C=O) groups excluding carboxylic acids is 1. The van der Waals surface area contributed by atoms with E-state index in [0.29, 0.717) is 23.9 Å². The van der Waals surface area contributed by atoms with Gasteiger partial charge >= 0.3 is 6.18 Å². The average molecular weight is 375 g/mol. The van der Waals surface area contributed by atoms with Gasteiger partial charge in [0.2, 0.25) is 0 Å². The number of fused-ring (bicyclic) bond motifs is 1. The van der Waals surface area contributed by atoms with Crippen molar-refractivity contribution in [1.82, 2.24) is 14.9 Å². The first-order chi connectivity index (χ1) is 12.9. The number of pyridine rings is 1. The summed E-state index contributed by atoms with van der Waals surface area (Å²) in [6.07, 6.45) is -0.261. The Hall–Kier alpha value is -3.03. The summed E-state index contributed by atoms with van der Waals surface area (Å²) >= 11 is 0. The highest BCUT2D eigenvalue weighted by atomic mass is 19.4. The van der Waals surface area contributed by atoms with Gasteiger partial charge in [0.1, 0.15) is 11.9 Å². The molecule has 0 spiro atoms. The summed E-state index contributed by atoms with van der Waals surface area (Å²) in [6.45, 7) is 0. The van der Waals surface area contributed by atoms with Crippen molar-refractivity contribution in [3.63, 3.8) is 0 Å². The maximum atomic E-state index is 12.7. The average Bonchev–Trinajstić information content (AvgIpc) is 3.03. The minimum Gasteiger partial charge on any atom is -0.490 e. The highest BCUT2D eigenvalue weighted by Gasteiger charge is 2.34. The number of rotatable bonds is 4. The molecule has 0 unspecified atom stereocenters. The fourth-order valence-corrected chi connectivity index (χ4v) is 3.09. The van der Waals surface area contributed by atoms with Crippen molar-refractivity contribution in [2.75, 3.05) is 0 Å². The molecule has 0 aliphatic heterocycles. The SMILES string of the molecule is O=C(NC1CC(Oc2cccc(C(F)(F)F)c2)C1)c1cnn2ccccc12. The standard InChI is InChI=1S/C19H16F3N3O2/c20-19(21,22)12-4-3-5-14(8-12)27-15-9-13(10-15)24-18(26)16-11-23-25-7-2-1-6-17(16)25/h1-8,11,13,15H,9-10H2,(H,24,26). The molecular formula is C19H16F3N3O2. The van der Waals surface area contributed by atoms with E-state index in [9.17, 15) is 18.0 Å². The molecule has 0 bridgehead atoms. The van der Waals surface area contributed by atoms with Crippen molar-refractivity contribution in [3.8, 4) is 5.75 Å². The number of carbonyl (C=O) groups is 1. The van der Waals surface area contributed by atoms with Crippen molar-refractivity contribution >= 4 is 11.4 Å². The van der Waals surface area contributed by atoms with Crippen LogP contribution < -0.4 is 10.1 Å². The maximum Gasteiger partial charge on any atom is 0.416 e. The van der Waals surface area contributed by atoms with Gasteiger partial charge in [-0.25, -0.2) is 4.52 Å².